The molecular formula is C22H26N4O5. The van der Waals surface area contributed by atoms with Gasteiger partial charge in [-0.15, -0.1) is 0 Å². The van der Waals surface area contributed by atoms with Gasteiger partial charge in [-0.2, -0.15) is 0 Å². The number of β-amino-alcohol motifs (C(OH)–C–C–N with tert-alkyl or cyclic N) is 1. The number of carboxylic acid groups (broad SMARTS) is 1. The SMILES string of the molecule is COc1cc(/C=C2\CCCN([C@@H]3CN(C(=O)O)C[C@H]3O)C2=O)ccc1-n1cnc(C)c1. The van der Waals surface area contributed by atoms with Crippen molar-refractivity contribution in [3.63, 3.8) is 0 Å². The summed E-state index contributed by atoms with van der Waals surface area (Å²) in [4.78, 5) is 31.4. The van der Waals surface area contributed by atoms with Crippen LogP contribution < -0.4 is 4.74 Å². The lowest BCUT2D eigenvalue weighted by Crippen LogP contribution is -2.49. The average molecular weight is 426 g/mol. The van der Waals surface area contributed by atoms with E-state index in [2.05, 4.69) is 4.98 Å². The minimum atomic E-state index is -1.08. The Balaban J connectivity index is 1.57. The molecule has 2 fully saturated rings. The molecule has 0 spiro atoms. The van der Waals surface area contributed by atoms with Gasteiger partial charge in [-0.3, -0.25) is 4.79 Å². The number of ether oxygens (including phenoxy) is 1. The lowest BCUT2D eigenvalue weighted by molar-refractivity contribution is -0.132. The van der Waals surface area contributed by atoms with Crippen molar-refractivity contribution in [2.45, 2.75) is 31.9 Å². The van der Waals surface area contributed by atoms with Crippen LogP contribution in [0, 0.1) is 6.92 Å². The zero-order valence-corrected chi connectivity index (χ0v) is 17.6. The van der Waals surface area contributed by atoms with Gasteiger partial charge in [-0.25, -0.2) is 9.78 Å². The van der Waals surface area contributed by atoms with E-state index in [4.69, 9.17) is 4.74 Å². The molecule has 2 N–H and O–H groups in total. The Bertz CT molecular complexity index is 1030. The van der Waals surface area contributed by atoms with Crippen LogP contribution in [0.15, 0.2) is 36.3 Å². The van der Waals surface area contributed by atoms with E-state index >= 15 is 0 Å². The fourth-order valence-corrected chi connectivity index (χ4v) is 4.27. The predicted molar refractivity (Wildman–Crippen MR) is 113 cm³/mol. The fraction of sp³-hybridized carbons (Fsp3) is 0.409. The fourth-order valence-electron chi connectivity index (χ4n) is 4.27. The van der Waals surface area contributed by atoms with Gasteiger partial charge in [0.15, 0.2) is 0 Å². The largest absolute Gasteiger partial charge is 0.495 e. The summed E-state index contributed by atoms with van der Waals surface area (Å²) in [5.41, 5.74) is 3.23. The number of aryl methyl sites for hydroxylation is 1. The number of piperidine rings is 1. The van der Waals surface area contributed by atoms with E-state index in [1.54, 1.807) is 18.3 Å². The molecule has 1 aromatic heterocycles. The number of imidazole rings is 1. The zero-order chi connectivity index (χ0) is 22.1. The number of hydrogen-bond acceptors (Lipinski definition) is 5. The monoisotopic (exact) mass is 426 g/mol. The normalized spacial score (nSPS) is 22.9. The predicted octanol–water partition coefficient (Wildman–Crippen LogP) is 1.92. The molecule has 164 valence electrons. The minimum absolute atomic E-state index is 0.0230. The van der Waals surface area contributed by atoms with Crippen molar-refractivity contribution in [1.82, 2.24) is 19.4 Å². The summed E-state index contributed by atoms with van der Waals surface area (Å²) >= 11 is 0. The molecule has 2 amide bonds. The number of amides is 2. The first-order valence-corrected chi connectivity index (χ1v) is 10.2. The Kier molecular flexibility index (Phi) is 5.69. The quantitative estimate of drug-likeness (QED) is 0.723. The van der Waals surface area contributed by atoms with Crippen LogP contribution in [0.3, 0.4) is 0 Å². The van der Waals surface area contributed by atoms with Gasteiger partial charge in [-0.05, 0) is 43.5 Å². The van der Waals surface area contributed by atoms with Crippen LogP contribution in [-0.2, 0) is 4.79 Å². The number of carbonyl (C=O) groups excluding carboxylic acids is 1. The first-order valence-electron chi connectivity index (χ1n) is 10.2. The Morgan fingerprint density at radius 3 is 2.77 bits per heavy atom. The highest BCUT2D eigenvalue weighted by Crippen LogP contribution is 2.29. The summed E-state index contributed by atoms with van der Waals surface area (Å²) in [6.07, 6.45) is 4.91. The number of aromatic nitrogens is 2. The second kappa shape index (κ2) is 8.43. The van der Waals surface area contributed by atoms with Crippen LogP contribution in [0.25, 0.3) is 11.8 Å². The number of nitrogens with zero attached hydrogens (tertiary/aromatic N) is 4. The molecule has 0 aliphatic carbocycles. The Hall–Kier alpha value is -3.33. The standard InChI is InChI=1S/C22H26N4O5/c1-14-10-25(13-23-14)17-6-5-15(9-20(17)31-2)8-16-4-3-7-26(21(16)28)18-11-24(22(29)30)12-19(18)27/h5-6,8-10,13,18-19,27H,3-4,7,11-12H2,1-2H3,(H,29,30)/b16-8+/t18-,19-/m1/s1. The Labute approximate surface area is 180 Å². The van der Waals surface area contributed by atoms with E-state index in [1.807, 2.05) is 42.0 Å². The second-order valence-electron chi connectivity index (χ2n) is 7.95. The molecule has 3 heterocycles. The van der Waals surface area contributed by atoms with Crippen molar-refractivity contribution in [2.75, 3.05) is 26.7 Å². The lowest BCUT2D eigenvalue weighted by Gasteiger charge is -2.34. The highest BCUT2D eigenvalue weighted by Gasteiger charge is 2.41. The summed E-state index contributed by atoms with van der Waals surface area (Å²) in [5, 5.41) is 19.5. The third-order valence-corrected chi connectivity index (χ3v) is 5.85. The molecule has 2 atom stereocenters. The van der Waals surface area contributed by atoms with E-state index in [1.165, 1.54) is 0 Å². The molecule has 2 aliphatic heterocycles. The van der Waals surface area contributed by atoms with E-state index in [9.17, 15) is 19.8 Å². The van der Waals surface area contributed by atoms with Gasteiger partial charge < -0.3 is 29.3 Å². The summed E-state index contributed by atoms with van der Waals surface area (Å²) in [5.74, 6) is 0.506. The summed E-state index contributed by atoms with van der Waals surface area (Å²) in [6.45, 7) is 2.57. The molecule has 1 aromatic carbocycles. The van der Waals surface area contributed by atoms with Crippen molar-refractivity contribution in [2.24, 2.45) is 0 Å². The molecule has 9 nitrogen and oxygen atoms in total. The first-order chi connectivity index (χ1) is 14.9. The van der Waals surface area contributed by atoms with Gasteiger partial charge in [0.05, 0.1) is 43.5 Å². The molecule has 0 radical (unpaired) electrons. The van der Waals surface area contributed by atoms with Crippen LogP contribution in [-0.4, -0.2) is 80.5 Å². The first kappa shape index (κ1) is 20.9. The van der Waals surface area contributed by atoms with Crippen molar-refractivity contribution in [1.29, 1.82) is 0 Å². The maximum atomic E-state index is 13.1. The maximum Gasteiger partial charge on any atom is 0.407 e. The molecule has 0 unspecified atom stereocenters. The molecule has 2 saturated heterocycles. The topological polar surface area (TPSA) is 108 Å². The number of aliphatic hydroxyl groups is 1. The smallest absolute Gasteiger partial charge is 0.407 e. The molecule has 0 bridgehead atoms. The van der Waals surface area contributed by atoms with Crippen LogP contribution in [0.2, 0.25) is 0 Å². The van der Waals surface area contributed by atoms with Crippen molar-refractivity contribution < 1.29 is 24.5 Å². The van der Waals surface area contributed by atoms with Crippen LogP contribution in [0.1, 0.15) is 24.1 Å². The molecule has 4 rings (SSSR count). The van der Waals surface area contributed by atoms with Gasteiger partial charge in [0.2, 0.25) is 5.91 Å². The molecule has 9 heteroatoms. The molecule has 31 heavy (non-hydrogen) atoms. The average Bonchev–Trinajstić information content (AvgIpc) is 3.35. The second-order valence-corrected chi connectivity index (χ2v) is 7.95. The molecule has 2 aliphatic rings. The summed E-state index contributed by atoms with van der Waals surface area (Å²) in [6, 6.07) is 5.19. The number of carbonyl (C=O) groups is 2. The highest BCUT2D eigenvalue weighted by molar-refractivity contribution is 5.99. The maximum absolute atomic E-state index is 13.1. The highest BCUT2D eigenvalue weighted by atomic mass is 16.5. The molecule has 0 saturated carbocycles. The zero-order valence-electron chi connectivity index (χ0n) is 17.6. The van der Waals surface area contributed by atoms with Crippen molar-refractivity contribution >= 4 is 18.1 Å². The third kappa shape index (κ3) is 4.13. The Morgan fingerprint density at radius 2 is 2.13 bits per heavy atom. The van der Waals surface area contributed by atoms with E-state index < -0.39 is 18.2 Å². The number of hydrogen-bond donors (Lipinski definition) is 2. The number of methoxy groups -OCH3 is 1. The number of rotatable bonds is 4. The molecular weight excluding hydrogens is 400 g/mol. The van der Waals surface area contributed by atoms with Crippen LogP contribution >= 0.6 is 0 Å². The summed E-state index contributed by atoms with van der Waals surface area (Å²) in [7, 11) is 1.60. The summed E-state index contributed by atoms with van der Waals surface area (Å²) < 4.78 is 7.43. The van der Waals surface area contributed by atoms with E-state index in [-0.39, 0.29) is 19.0 Å². The van der Waals surface area contributed by atoms with Crippen LogP contribution in [0.5, 0.6) is 5.75 Å². The van der Waals surface area contributed by atoms with Gasteiger partial charge in [0.1, 0.15) is 5.75 Å². The van der Waals surface area contributed by atoms with Gasteiger partial charge in [0.25, 0.3) is 0 Å². The number of benzene rings is 1. The van der Waals surface area contributed by atoms with Crippen molar-refractivity contribution in [3.8, 4) is 11.4 Å². The minimum Gasteiger partial charge on any atom is -0.495 e. The lowest BCUT2D eigenvalue weighted by atomic mass is 9.98. The van der Waals surface area contributed by atoms with Gasteiger partial charge in [-0.1, -0.05) is 6.07 Å². The van der Waals surface area contributed by atoms with E-state index in [0.717, 1.165) is 28.3 Å². The van der Waals surface area contributed by atoms with Gasteiger partial charge in [0, 0.05) is 24.9 Å². The molecule has 2 aromatic rings. The van der Waals surface area contributed by atoms with Gasteiger partial charge >= 0.3 is 6.09 Å². The number of likely N-dealkylation sites (tertiary alicyclic amines) is 2. The van der Waals surface area contributed by atoms with E-state index in [0.29, 0.717) is 24.3 Å². The Morgan fingerprint density at radius 1 is 1.32 bits per heavy atom. The van der Waals surface area contributed by atoms with Crippen molar-refractivity contribution in [3.05, 3.63) is 47.6 Å². The van der Waals surface area contributed by atoms with Crippen LogP contribution in [0.4, 0.5) is 4.79 Å². The third-order valence-electron chi connectivity index (χ3n) is 5.85. The number of aliphatic hydroxyl groups excluding tert-OH is 1.